The number of benzene rings is 2. The lowest BCUT2D eigenvalue weighted by Crippen LogP contribution is -2.29. The van der Waals surface area contributed by atoms with Crippen LogP contribution in [-0.4, -0.2) is 33.7 Å². The molecule has 1 aromatic heterocycles. The molecule has 1 amide bonds. The fourth-order valence-corrected chi connectivity index (χ4v) is 3.67. The fraction of sp³-hybridized carbons (Fsp3) is 0.130. The van der Waals surface area contributed by atoms with Crippen LogP contribution in [0.25, 0.3) is 5.76 Å². The maximum absolute atomic E-state index is 13.0. The highest BCUT2D eigenvalue weighted by atomic mass is 16.6. The number of aliphatic hydroxyl groups is 1. The second kappa shape index (κ2) is 8.38. The second-order valence-corrected chi connectivity index (χ2v) is 7.09. The molecule has 4 rings (SSSR count). The van der Waals surface area contributed by atoms with Gasteiger partial charge in [0.25, 0.3) is 17.4 Å². The maximum Gasteiger partial charge on any atom is 0.296 e. The molecule has 0 radical (unpaired) electrons. The van der Waals surface area contributed by atoms with Crippen LogP contribution in [0, 0.1) is 10.1 Å². The Morgan fingerprint density at radius 3 is 2.53 bits per heavy atom. The number of nitro groups is 1. The van der Waals surface area contributed by atoms with E-state index in [1.54, 1.807) is 36.4 Å². The zero-order valence-electron chi connectivity index (χ0n) is 16.9. The van der Waals surface area contributed by atoms with Crippen molar-refractivity contribution in [1.29, 1.82) is 0 Å². The highest BCUT2D eigenvalue weighted by molar-refractivity contribution is 6.46. The van der Waals surface area contributed by atoms with Crippen molar-refractivity contribution in [2.24, 2.45) is 0 Å². The summed E-state index contributed by atoms with van der Waals surface area (Å²) in [7, 11) is 1.51. The van der Waals surface area contributed by atoms with Gasteiger partial charge in [-0.2, -0.15) is 0 Å². The Bertz CT molecular complexity index is 1210. The summed E-state index contributed by atoms with van der Waals surface area (Å²) < 4.78 is 10.5. The van der Waals surface area contributed by atoms with Crippen LogP contribution in [0.5, 0.6) is 5.75 Å². The summed E-state index contributed by atoms with van der Waals surface area (Å²) in [6.07, 6.45) is 1.46. The molecule has 1 saturated heterocycles. The van der Waals surface area contributed by atoms with Crippen LogP contribution in [0.3, 0.4) is 0 Å². The van der Waals surface area contributed by atoms with Crippen LogP contribution in [-0.2, 0) is 16.1 Å². The minimum absolute atomic E-state index is 0.0000132. The Kier molecular flexibility index (Phi) is 5.46. The van der Waals surface area contributed by atoms with Crippen molar-refractivity contribution in [3.63, 3.8) is 0 Å². The highest BCUT2D eigenvalue weighted by Crippen LogP contribution is 2.41. The number of likely N-dealkylation sites (tertiary alicyclic amines) is 1. The number of ketones is 1. The number of hydrogen-bond donors (Lipinski definition) is 1. The van der Waals surface area contributed by atoms with Gasteiger partial charge < -0.3 is 19.2 Å². The van der Waals surface area contributed by atoms with Crippen molar-refractivity contribution >= 4 is 23.1 Å². The zero-order valence-corrected chi connectivity index (χ0v) is 16.9. The number of furan rings is 1. The van der Waals surface area contributed by atoms with Crippen LogP contribution in [0.15, 0.2) is 76.9 Å². The van der Waals surface area contributed by atoms with Crippen LogP contribution >= 0.6 is 0 Å². The predicted molar refractivity (Wildman–Crippen MR) is 113 cm³/mol. The molecular formula is C23H18N2O7. The molecule has 9 nitrogen and oxygen atoms in total. The number of aliphatic hydroxyl groups excluding tert-OH is 1. The molecule has 2 heterocycles. The largest absolute Gasteiger partial charge is 0.507 e. The van der Waals surface area contributed by atoms with Gasteiger partial charge in [-0.1, -0.05) is 24.3 Å². The molecule has 1 N–H and O–H groups in total. The van der Waals surface area contributed by atoms with Gasteiger partial charge in [0.15, 0.2) is 0 Å². The SMILES string of the molecule is COc1ccc(C2/C(=C(/O)c3cccc([N+](=O)[O-])c3)C(=O)C(=O)N2Cc2ccco2)cc1. The standard InChI is InChI=1S/C23H18N2O7/c1-31-17-9-7-14(8-10-17)20-19(21(26)15-4-2-5-16(12-15)25(29)30)22(27)23(28)24(20)13-18-6-3-11-32-18/h2-12,20,26H,13H2,1H3/b21-19-. The molecule has 2 aromatic carbocycles. The number of Topliss-reactive ketones (excluding diaryl/α,β-unsaturated/α-hetero) is 1. The number of carbonyl (C=O) groups is 2. The Hall–Kier alpha value is -4.40. The number of amides is 1. The van der Waals surface area contributed by atoms with Crippen LogP contribution < -0.4 is 4.74 Å². The molecule has 0 aliphatic carbocycles. The third kappa shape index (κ3) is 3.71. The van der Waals surface area contributed by atoms with Crippen molar-refractivity contribution in [3.05, 3.63) is 99.5 Å². The lowest BCUT2D eigenvalue weighted by Gasteiger charge is -2.24. The van der Waals surface area contributed by atoms with Gasteiger partial charge in [0.1, 0.15) is 17.3 Å². The molecule has 1 aliphatic heterocycles. The van der Waals surface area contributed by atoms with Gasteiger partial charge in [-0.15, -0.1) is 0 Å². The minimum Gasteiger partial charge on any atom is -0.507 e. The van der Waals surface area contributed by atoms with Crippen LogP contribution in [0.1, 0.15) is 22.9 Å². The van der Waals surface area contributed by atoms with Gasteiger partial charge in [0.05, 0.1) is 36.5 Å². The van der Waals surface area contributed by atoms with E-state index in [9.17, 15) is 24.8 Å². The molecule has 1 unspecified atom stereocenters. The Labute approximate surface area is 182 Å². The molecule has 0 spiro atoms. The first-order valence-electron chi connectivity index (χ1n) is 9.60. The summed E-state index contributed by atoms with van der Waals surface area (Å²) in [6.45, 7) is -0.0000132. The molecule has 1 aliphatic rings. The molecular weight excluding hydrogens is 416 g/mol. The molecule has 162 valence electrons. The first kappa shape index (κ1) is 20.9. The number of nitrogens with zero attached hydrogens (tertiary/aromatic N) is 2. The van der Waals surface area contributed by atoms with E-state index in [0.29, 0.717) is 17.1 Å². The quantitative estimate of drug-likeness (QED) is 0.206. The van der Waals surface area contributed by atoms with E-state index < -0.39 is 28.4 Å². The molecule has 3 aromatic rings. The number of non-ortho nitro benzene ring substituents is 1. The highest BCUT2D eigenvalue weighted by Gasteiger charge is 2.46. The maximum atomic E-state index is 13.0. The Balaban J connectivity index is 1.87. The molecule has 1 atom stereocenters. The van der Waals surface area contributed by atoms with Gasteiger partial charge >= 0.3 is 0 Å². The van der Waals surface area contributed by atoms with E-state index in [0.717, 1.165) is 6.07 Å². The molecule has 0 saturated carbocycles. The number of rotatable bonds is 6. The topological polar surface area (TPSA) is 123 Å². The van der Waals surface area contributed by atoms with E-state index in [4.69, 9.17) is 9.15 Å². The summed E-state index contributed by atoms with van der Waals surface area (Å²) in [5, 5.41) is 22.1. The number of nitro benzene ring substituents is 1. The second-order valence-electron chi connectivity index (χ2n) is 7.09. The fourth-order valence-electron chi connectivity index (χ4n) is 3.67. The smallest absolute Gasteiger partial charge is 0.296 e. The van der Waals surface area contributed by atoms with Crippen LogP contribution in [0.2, 0.25) is 0 Å². The summed E-state index contributed by atoms with van der Waals surface area (Å²) >= 11 is 0. The third-order valence-corrected chi connectivity index (χ3v) is 5.21. The average molecular weight is 434 g/mol. The molecule has 9 heteroatoms. The number of methoxy groups -OCH3 is 1. The predicted octanol–water partition coefficient (Wildman–Crippen LogP) is 3.82. The molecule has 32 heavy (non-hydrogen) atoms. The third-order valence-electron chi connectivity index (χ3n) is 5.21. The molecule has 0 bridgehead atoms. The Morgan fingerprint density at radius 2 is 1.91 bits per heavy atom. The zero-order chi connectivity index (χ0) is 22.8. The van der Waals surface area contributed by atoms with Gasteiger partial charge in [0, 0.05) is 17.7 Å². The van der Waals surface area contributed by atoms with E-state index in [1.165, 1.54) is 36.5 Å². The average Bonchev–Trinajstić information content (AvgIpc) is 3.41. The summed E-state index contributed by atoms with van der Waals surface area (Å²) in [5.41, 5.74) is 0.212. The number of ether oxygens (including phenoxy) is 1. The van der Waals surface area contributed by atoms with Gasteiger partial charge in [-0.05, 0) is 29.8 Å². The van der Waals surface area contributed by atoms with E-state index >= 15 is 0 Å². The van der Waals surface area contributed by atoms with Crippen molar-refractivity contribution < 1.29 is 28.8 Å². The van der Waals surface area contributed by atoms with E-state index in [-0.39, 0.29) is 23.4 Å². The van der Waals surface area contributed by atoms with Crippen molar-refractivity contribution in [2.75, 3.05) is 7.11 Å². The lowest BCUT2D eigenvalue weighted by molar-refractivity contribution is -0.384. The summed E-state index contributed by atoms with van der Waals surface area (Å²) in [5.74, 6) is -1.15. The van der Waals surface area contributed by atoms with E-state index in [2.05, 4.69) is 0 Å². The first-order valence-corrected chi connectivity index (χ1v) is 9.60. The van der Waals surface area contributed by atoms with Crippen molar-refractivity contribution in [2.45, 2.75) is 12.6 Å². The van der Waals surface area contributed by atoms with Gasteiger partial charge in [-0.3, -0.25) is 19.7 Å². The van der Waals surface area contributed by atoms with E-state index in [1.807, 2.05) is 0 Å². The number of carbonyl (C=O) groups excluding carboxylic acids is 2. The lowest BCUT2D eigenvalue weighted by atomic mass is 9.95. The summed E-state index contributed by atoms with van der Waals surface area (Å²) in [6, 6.07) is 14.4. The minimum atomic E-state index is -0.926. The van der Waals surface area contributed by atoms with Crippen LogP contribution in [0.4, 0.5) is 5.69 Å². The molecule has 1 fully saturated rings. The van der Waals surface area contributed by atoms with Crippen molar-refractivity contribution in [1.82, 2.24) is 4.90 Å². The normalized spacial score (nSPS) is 17.5. The monoisotopic (exact) mass is 434 g/mol. The number of hydrogen-bond acceptors (Lipinski definition) is 7. The Morgan fingerprint density at radius 1 is 1.16 bits per heavy atom. The summed E-state index contributed by atoms with van der Waals surface area (Å²) in [4.78, 5) is 37.7. The first-order chi connectivity index (χ1) is 15.4. The van der Waals surface area contributed by atoms with Gasteiger partial charge in [-0.25, -0.2) is 0 Å². The van der Waals surface area contributed by atoms with Gasteiger partial charge in [0.2, 0.25) is 0 Å². The van der Waals surface area contributed by atoms with Crippen molar-refractivity contribution in [3.8, 4) is 5.75 Å².